The molecule has 35 heavy (non-hydrogen) atoms. The number of carbonyl (C=O) groups is 2. The highest BCUT2D eigenvalue weighted by Crippen LogP contribution is 2.65. The van der Waals surface area contributed by atoms with E-state index in [0.717, 1.165) is 12.0 Å². The van der Waals surface area contributed by atoms with Crippen LogP contribution in [-0.2, 0) is 25.3 Å². The topological polar surface area (TPSA) is 83.1 Å². The Morgan fingerprint density at radius 2 is 1.94 bits per heavy atom. The second kappa shape index (κ2) is 9.20. The van der Waals surface area contributed by atoms with E-state index < -0.39 is 18.7 Å². The highest BCUT2D eigenvalue weighted by molar-refractivity contribution is 6.47. The summed E-state index contributed by atoms with van der Waals surface area (Å²) in [5.41, 5.74) is 0.490. The summed E-state index contributed by atoms with van der Waals surface area (Å²) in [6.45, 7) is 14.1. The van der Waals surface area contributed by atoms with Gasteiger partial charge < -0.3 is 24.1 Å². The van der Waals surface area contributed by atoms with Crippen molar-refractivity contribution in [3.05, 3.63) is 29.3 Å². The molecular weight excluding hydrogens is 445 g/mol. The summed E-state index contributed by atoms with van der Waals surface area (Å²) in [7, 11) is 1.05. The maximum Gasteiger partial charge on any atom is 0.476 e. The quantitative estimate of drug-likeness (QED) is 0.440. The van der Waals surface area contributed by atoms with E-state index in [1.807, 2.05) is 32.9 Å². The van der Waals surface area contributed by atoms with Crippen LogP contribution in [-0.4, -0.2) is 55.8 Å². The highest BCUT2D eigenvalue weighted by atomic mass is 16.7. The Bertz CT molecular complexity index is 988. The van der Waals surface area contributed by atoms with Crippen LogP contribution in [0.5, 0.6) is 5.75 Å². The van der Waals surface area contributed by atoms with Gasteiger partial charge in [0.25, 0.3) is 0 Å². The van der Waals surface area contributed by atoms with Gasteiger partial charge in [0, 0.05) is 5.94 Å². The third kappa shape index (κ3) is 4.89. The zero-order valence-corrected chi connectivity index (χ0v) is 22.4. The fourth-order valence-corrected chi connectivity index (χ4v) is 6.33. The second-order valence-corrected chi connectivity index (χ2v) is 12.2. The summed E-state index contributed by atoms with van der Waals surface area (Å²) in [5.74, 6) is 0.892. The Balaban J connectivity index is 1.59. The maximum atomic E-state index is 12.9. The summed E-state index contributed by atoms with van der Waals surface area (Å²) in [5, 5.41) is 3.35. The van der Waals surface area contributed by atoms with Crippen LogP contribution in [0.3, 0.4) is 0 Å². The van der Waals surface area contributed by atoms with Gasteiger partial charge in [-0.05, 0) is 82.8 Å². The summed E-state index contributed by atoms with van der Waals surface area (Å²) < 4.78 is 24.5. The van der Waals surface area contributed by atoms with E-state index in [9.17, 15) is 9.59 Å². The Hall–Kier alpha value is -1.90. The molecule has 3 saturated carbocycles. The Kier molecular flexibility index (Phi) is 6.88. The molecule has 0 spiro atoms. The van der Waals surface area contributed by atoms with Gasteiger partial charge in [-0.25, -0.2) is 4.79 Å². The van der Waals surface area contributed by atoms with Gasteiger partial charge in [-0.3, -0.25) is 4.79 Å². The van der Waals surface area contributed by atoms with Crippen LogP contribution < -0.4 is 10.1 Å². The van der Waals surface area contributed by atoms with E-state index >= 15 is 0 Å². The molecule has 0 aromatic heterocycles. The molecule has 0 amide bonds. The van der Waals surface area contributed by atoms with Gasteiger partial charge in [-0.1, -0.05) is 26.0 Å². The summed E-state index contributed by atoms with van der Waals surface area (Å²) >= 11 is 0. The molecule has 1 N–H and O–H groups in total. The zero-order chi connectivity index (χ0) is 25.8. The van der Waals surface area contributed by atoms with E-state index in [1.54, 1.807) is 20.1 Å². The number of benzene rings is 1. The summed E-state index contributed by atoms with van der Waals surface area (Å²) in [4.78, 5) is 24.7. The smallest absolute Gasteiger partial charge is 0.476 e. The predicted molar refractivity (Wildman–Crippen MR) is 134 cm³/mol. The van der Waals surface area contributed by atoms with Crippen molar-refractivity contribution < 1.29 is 28.4 Å². The van der Waals surface area contributed by atoms with Gasteiger partial charge in [-0.15, -0.1) is 0 Å². The molecule has 4 fully saturated rings. The highest BCUT2D eigenvalue weighted by Gasteiger charge is 2.68. The largest absolute Gasteiger partial charge is 0.496 e. The summed E-state index contributed by atoms with van der Waals surface area (Å²) in [6.07, 6.45) is 2.68. The van der Waals surface area contributed by atoms with Crippen LogP contribution in [0.1, 0.15) is 77.2 Å². The Morgan fingerprint density at radius 1 is 1.23 bits per heavy atom. The van der Waals surface area contributed by atoms with Crippen molar-refractivity contribution in [3.8, 4) is 5.75 Å². The van der Waals surface area contributed by atoms with Crippen LogP contribution in [0.2, 0.25) is 0 Å². The molecule has 7 nitrogen and oxygen atoms in total. The van der Waals surface area contributed by atoms with E-state index in [2.05, 4.69) is 26.1 Å². The molecule has 1 heterocycles. The molecule has 2 bridgehead atoms. The molecule has 3 aliphatic carbocycles. The fraction of sp³-hybridized carbons (Fsp3) is 0.704. The van der Waals surface area contributed by atoms with Gasteiger partial charge in [0.05, 0.1) is 25.4 Å². The van der Waals surface area contributed by atoms with Crippen molar-refractivity contribution in [2.24, 2.45) is 17.3 Å². The van der Waals surface area contributed by atoms with Crippen molar-refractivity contribution in [1.29, 1.82) is 0 Å². The predicted octanol–water partition coefficient (Wildman–Crippen LogP) is 4.01. The zero-order valence-electron chi connectivity index (χ0n) is 22.4. The van der Waals surface area contributed by atoms with Crippen LogP contribution >= 0.6 is 0 Å². The number of nitrogens with one attached hydrogen (secondary N) is 1. The monoisotopic (exact) mass is 485 g/mol. The Labute approximate surface area is 209 Å². The lowest BCUT2D eigenvalue weighted by atomic mass is 9.43. The van der Waals surface area contributed by atoms with Crippen LogP contribution in [0.15, 0.2) is 18.2 Å². The minimum absolute atomic E-state index is 0.0366. The lowest BCUT2D eigenvalue weighted by molar-refractivity contribution is -0.199. The molecule has 1 aliphatic heterocycles. The molecule has 1 aromatic carbocycles. The normalized spacial score (nSPS) is 29.7. The van der Waals surface area contributed by atoms with Gasteiger partial charge in [-0.2, -0.15) is 0 Å². The van der Waals surface area contributed by atoms with Crippen LogP contribution in [0, 0.1) is 17.3 Å². The van der Waals surface area contributed by atoms with Crippen LogP contribution in [0.4, 0.5) is 0 Å². The number of ether oxygens (including phenoxy) is 2. The molecule has 192 valence electrons. The number of para-hydroxylation sites is 1. The number of hydrogen-bond donors (Lipinski definition) is 1. The third-order valence-electron chi connectivity index (χ3n) is 8.27. The molecule has 0 radical (unpaired) electrons. The number of esters is 1. The SMILES string of the molecule is COc1c(CC(NCC(C)=O)B2OC3CC4CC(C4(C)C)C3(C)O2)cccc1C(=O)OC(C)(C)C. The fourth-order valence-electron chi connectivity index (χ4n) is 6.33. The Morgan fingerprint density at radius 3 is 2.54 bits per heavy atom. The average Bonchev–Trinajstić information content (AvgIpc) is 3.11. The van der Waals surface area contributed by atoms with Gasteiger partial charge in [0.2, 0.25) is 0 Å². The van der Waals surface area contributed by atoms with Crippen molar-refractivity contribution in [3.63, 3.8) is 0 Å². The van der Waals surface area contributed by atoms with Crippen molar-refractivity contribution in [1.82, 2.24) is 5.32 Å². The molecule has 5 rings (SSSR count). The molecule has 1 saturated heterocycles. The van der Waals surface area contributed by atoms with Crippen molar-refractivity contribution in [2.75, 3.05) is 13.7 Å². The number of Topliss-reactive ketones (excluding diaryl/α,β-unsaturated/α-hetero) is 1. The number of rotatable bonds is 8. The van der Waals surface area contributed by atoms with Gasteiger partial charge >= 0.3 is 13.1 Å². The number of ketones is 1. The third-order valence-corrected chi connectivity index (χ3v) is 8.27. The maximum absolute atomic E-state index is 12.9. The minimum Gasteiger partial charge on any atom is -0.496 e. The summed E-state index contributed by atoms with van der Waals surface area (Å²) in [6, 6.07) is 5.47. The van der Waals surface area contributed by atoms with Gasteiger partial charge in [0.1, 0.15) is 22.7 Å². The molecule has 5 unspecified atom stereocenters. The van der Waals surface area contributed by atoms with Crippen molar-refractivity contribution >= 4 is 18.9 Å². The lowest BCUT2D eigenvalue weighted by Crippen LogP contribution is -2.65. The minimum atomic E-state index is -0.616. The molecular formula is C27H40BNO6. The number of methoxy groups -OCH3 is 1. The number of carbonyl (C=O) groups excluding carboxylic acids is 2. The van der Waals surface area contributed by atoms with E-state index in [0.29, 0.717) is 29.6 Å². The molecule has 1 aromatic rings. The molecule has 8 heteroatoms. The van der Waals surface area contributed by atoms with E-state index in [4.69, 9.17) is 18.8 Å². The molecule has 5 atom stereocenters. The first kappa shape index (κ1) is 26.2. The first-order valence-electron chi connectivity index (χ1n) is 12.7. The first-order chi connectivity index (χ1) is 16.3. The number of hydrogen-bond acceptors (Lipinski definition) is 7. The standard InChI is InChI=1S/C27H40BNO6/c1-16(30)15-29-22(28-34-21-14-18-13-20(26(18,5)6)27(21,7)35-28)12-17-10-9-11-19(23(17)32-8)24(31)33-25(2,3)4/h9-11,18,20-22,29H,12-15H2,1-8H3. The first-order valence-corrected chi connectivity index (χ1v) is 12.7. The van der Waals surface area contributed by atoms with E-state index in [-0.39, 0.29) is 35.4 Å². The lowest BCUT2D eigenvalue weighted by Gasteiger charge is -2.64. The molecule has 4 aliphatic rings. The van der Waals surface area contributed by atoms with Crippen LogP contribution in [0.25, 0.3) is 0 Å². The van der Waals surface area contributed by atoms with Gasteiger partial charge in [0.15, 0.2) is 0 Å². The van der Waals surface area contributed by atoms with E-state index in [1.165, 1.54) is 6.42 Å². The second-order valence-electron chi connectivity index (χ2n) is 12.2. The van der Waals surface area contributed by atoms with Crippen molar-refractivity contribution in [2.45, 2.75) is 91.0 Å². The average molecular weight is 485 g/mol.